The third kappa shape index (κ3) is 1.70. The number of amides is 1. The van der Waals surface area contributed by atoms with Crippen LogP contribution in [0, 0.1) is 10.3 Å². The topological polar surface area (TPSA) is 82.1 Å². The van der Waals surface area contributed by atoms with Crippen LogP contribution in [0.2, 0.25) is 0 Å². The van der Waals surface area contributed by atoms with Gasteiger partial charge in [-0.25, -0.2) is 0 Å². The van der Waals surface area contributed by atoms with Crippen LogP contribution in [0.5, 0.6) is 0 Å². The number of hydrogen-bond acceptors (Lipinski definition) is 5. The van der Waals surface area contributed by atoms with E-state index < -0.39 is 11.0 Å². The minimum atomic E-state index is -1.09. The van der Waals surface area contributed by atoms with E-state index in [2.05, 4.69) is 26.5 Å². The maximum absolute atomic E-state index is 13.1. The van der Waals surface area contributed by atoms with Crippen LogP contribution in [0.4, 0.5) is 5.69 Å². The van der Waals surface area contributed by atoms with Gasteiger partial charge in [0.2, 0.25) is 0 Å². The third-order valence-electron chi connectivity index (χ3n) is 5.79. The van der Waals surface area contributed by atoms with Crippen LogP contribution in [0.1, 0.15) is 18.4 Å². The van der Waals surface area contributed by atoms with Gasteiger partial charge in [0.15, 0.2) is 0 Å². The minimum Gasteiger partial charge on any atom is -0.324 e. The van der Waals surface area contributed by atoms with Gasteiger partial charge in [-0.05, 0) is 31.7 Å². The molecule has 0 bridgehead atoms. The molecular weight excluding hydrogens is 376 g/mol. The molecule has 8 heteroatoms. The molecule has 1 amide bonds. The number of Topliss-reactive ketones (excluding diaryl/α,β-unsaturated/α-hetero) is 1. The van der Waals surface area contributed by atoms with Crippen molar-refractivity contribution in [2.45, 2.75) is 18.4 Å². The number of benzene rings is 1. The van der Waals surface area contributed by atoms with E-state index in [4.69, 9.17) is 0 Å². The first kappa shape index (κ1) is 15.7. The molecule has 1 aromatic rings. The van der Waals surface area contributed by atoms with Gasteiger partial charge in [0, 0.05) is 35.2 Å². The van der Waals surface area contributed by atoms with Gasteiger partial charge in [0.05, 0.1) is 17.2 Å². The normalized spacial score (nSPS) is 32.5. The van der Waals surface area contributed by atoms with Crippen molar-refractivity contribution in [2.24, 2.45) is 10.7 Å². The predicted octanol–water partition coefficient (Wildman–Crippen LogP) is 1.87. The number of nitroso groups, excluding NO2 is 1. The highest BCUT2D eigenvalue weighted by molar-refractivity contribution is 9.10. The van der Waals surface area contributed by atoms with Crippen LogP contribution in [0.3, 0.4) is 0 Å². The van der Waals surface area contributed by atoms with Crippen LogP contribution in [-0.2, 0) is 15.1 Å². The Kier molecular flexibility index (Phi) is 3.34. The molecule has 126 valence electrons. The van der Waals surface area contributed by atoms with E-state index >= 15 is 0 Å². The molecule has 2 atom stereocenters. The van der Waals surface area contributed by atoms with Crippen molar-refractivity contribution in [3.63, 3.8) is 0 Å². The molecule has 0 aliphatic carbocycles. The van der Waals surface area contributed by atoms with Crippen LogP contribution < -0.4 is 5.32 Å². The summed E-state index contributed by atoms with van der Waals surface area (Å²) < 4.78 is 0.848. The quantitative estimate of drug-likeness (QED) is 0.737. The average Bonchev–Trinajstić information content (AvgIpc) is 3.02. The van der Waals surface area contributed by atoms with Gasteiger partial charge < -0.3 is 5.32 Å². The Morgan fingerprint density at radius 2 is 2.08 bits per heavy atom. The minimum absolute atomic E-state index is 0.0368. The Balaban J connectivity index is 1.98. The van der Waals surface area contributed by atoms with Gasteiger partial charge in [-0.2, -0.15) is 0 Å². The molecule has 4 rings (SSSR count). The first-order valence-electron chi connectivity index (χ1n) is 7.90. The summed E-state index contributed by atoms with van der Waals surface area (Å²) in [6, 6.07) is 5.61. The molecule has 3 heterocycles. The Bertz CT molecular complexity index is 770. The number of rotatable bonds is 1. The summed E-state index contributed by atoms with van der Waals surface area (Å²) in [6.07, 6.45) is 0.770. The molecule has 0 aromatic heterocycles. The van der Waals surface area contributed by atoms with E-state index in [0.29, 0.717) is 19.5 Å². The number of anilines is 1. The molecule has 24 heavy (non-hydrogen) atoms. The first-order valence-corrected chi connectivity index (χ1v) is 8.69. The number of fused-ring (bicyclic) bond motifs is 3. The lowest BCUT2D eigenvalue weighted by Crippen LogP contribution is -2.63. The van der Waals surface area contributed by atoms with Crippen molar-refractivity contribution in [2.75, 3.05) is 32.0 Å². The molecule has 3 aliphatic heterocycles. The maximum atomic E-state index is 13.1. The number of halogens is 1. The van der Waals surface area contributed by atoms with E-state index in [1.807, 2.05) is 30.1 Å². The Labute approximate surface area is 147 Å². The molecule has 2 saturated heterocycles. The molecule has 2 fully saturated rings. The summed E-state index contributed by atoms with van der Waals surface area (Å²) in [4.78, 5) is 39.2. The summed E-state index contributed by atoms with van der Waals surface area (Å²) in [6.45, 7) is 1.10. The molecule has 3 aliphatic rings. The summed E-state index contributed by atoms with van der Waals surface area (Å²) in [7, 11) is 1.87. The Morgan fingerprint density at radius 3 is 2.83 bits per heavy atom. The zero-order chi connectivity index (χ0) is 17.1. The zero-order valence-corrected chi connectivity index (χ0v) is 14.8. The Hall–Kier alpha value is -1.80. The highest BCUT2D eigenvalue weighted by Crippen LogP contribution is 2.59. The van der Waals surface area contributed by atoms with E-state index in [-0.39, 0.29) is 24.7 Å². The zero-order valence-electron chi connectivity index (χ0n) is 13.2. The van der Waals surface area contributed by atoms with Gasteiger partial charge in [0.1, 0.15) is 11.3 Å². The number of carbonyl (C=O) groups excluding carboxylic acids is 2. The van der Waals surface area contributed by atoms with Crippen LogP contribution in [-0.4, -0.2) is 48.3 Å². The van der Waals surface area contributed by atoms with E-state index in [1.165, 1.54) is 5.01 Å². The smallest absolute Gasteiger partial charge is 0.250 e. The van der Waals surface area contributed by atoms with Gasteiger partial charge in [-0.1, -0.05) is 15.9 Å². The van der Waals surface area contributed by atoms with Gasteiger partial charge in [-0.15, -0.1) is 4.91 Å². The predicted molar refractivity (Wildman–Crippen MR) is 91.1 cm³/mol. The molecule has 7 nitrogen and oxygen atoms in total. The third-order valence-corrected chi connectivity index (χ3v) is 6.28. The molecule has 1 aromatic carbocycles. The fourth-order valence-corrected chi connectivity index (χ4v) is 5.10. The number of likely N-dealkylation sites (N-methyl/N-ethyl adjacent to an activating group) is 1. The highest BCUT2D eigenvalue weighted by Gasteiger charge is 2.70. The first-order chi connectivity index (χ1) is 11.5. The highest BCUT2D eigenvalue weighted by atomic mass is 79.9. The van der Waals surface area contributed by atoms with Crippen molar-refractivity contribution in [1.82, 2.24) is 9.91 Å². The lowest BCUT2D eigenvalue weighted by atomic mass is 9.62. The van der Waals surface area contributed by atoms with E-state index in [9.17, 15) is 14.5 Å². The standard InChI is InChI=1S/C16H17BrN4O3/c1-20-7-5-15(9-21(19-24)6-4-13(15)22)16(20)11-8-10(17)2-3-12(11)18-14(16)23/h2-3,8H,4-7,9H2,1H3,(H,18,23). The lowest BCUT2D eigenvalue weighted by Gasteiger charge is -2.47. The summed E-state index contributed by atoms with van der Waals surface area (Å²) in [5.74, 6) is -0.161. The van der Waals surface area contributed by atoms with Crippen molar-refractivity contribution in [1.29, 1.82) is 0 Å². The summed E-state index contributed by atoms with van der Waals surface area (Å²) >= 11 is 3.47. The molecule has 0 radical (unpaired) electrons. The van der Waals surface area contributed by atoms with Crippen molar-refractivity contribution >= 4 is 33.3 Å². The summed E-state index contributed by atoms with van der Waals surface area (Å²) in [5, 5.41) is 7.36. The number of likely N-dealkylation sites (tertiary alicyclic amines) is 1. The van der Waals surface area contributed by atoms with Gasteiger partial charge in [-0.3, -0.25) is 19.5 Å². The van der Waals surface area contributed by atoms with Crippen molar-refractivity contribution < 1.29 is 9.59 Å². The monoisotopic (exact) mass is 392 g/mol. The van der Waals surface area contributed by atoms with Gasteiger partial charge in [0.25, 0.3) is 5.91 Å². The number of hydrogen-bond donors (Lipinski definition) is 1. The fraction of sp³-hybridized carbons (Fsp3) is 0.500. The number of nitrogens with zero attached hydrogens (tertiary/aromatic N) is 3. The van der Waals surface area contributed by atoms with Crippen LogP contribution in [0.15, 0.2) is 28.0 Å². The van der Waals surface area contributed by atoms with Crippen LogP contribution in [0.25, 0.3) is 0 Å². The molecule has 1 N–H and O–H groups in total. The van der Waals surface area contributed by atoms with Crippen molar-refractivity contribution in [3.8, 4) is 0 Å². The SMILES string of the molecule is CN1CCC2(CN(N=O)CCC2=O)C12C(=O)Nc1ccc(Br)cc12. The second kappa shape index (κ2) is 5.10. The largest absolute Gasteiger partial charge is 0.324 e. The molecule has 2 unspecified atom stereocenters. The lowest BCUT2D eigenvalue weighted by molar-refractivity contribution is -0.149. The van der Waals surface area contributed by atoms with Crippen LogP contribution >= 0.6 is 15.9 Å². The van der Waals surface area contributed by atoms with E-state index in [0.717, 1.165) is 15.7 Å². The number of nitrogens with one attached hydrogen (secondary N) is 1. The summed E-state index contributed by atoms with van der Waals surface area (Å²) in [5.41, 5.74) is -0.528. The second-order valence-electron chi connectivity index (χ2n) is 6.75. The number of carbonyl (C=O) groups is 2. The second-order valence-corrected chi connectivity index (χ2v) is 7.67. The Morgan fingerprint density at radius 1 is 1.29 bits per heavy atom. The maximum Gasteiger partial charge on any atom is 0.250 e. The molecule has 2 spiro atoms. The molecular formula is C16H17BrN4O3. The van der Waals surface area contributed by atoms with E-state index in [1.54, 1.807) is 0 Å². The number of piperidine rings is 1. The molecule has 0 saturated carbocycles. The van der Waals surface area contributed by atoms with Crippen molar-refractivity contribution in [3.05, 3.63) is 33.1 Å². The van der Waals surface area contributed by atoms with Gasteiger partial charge >= 0.3 is 0 Å². The fourth-order valence-electron chi connectivity index (χ4n) is 4.74. The average molecular weight is 393 g/mol. The number of ketones is 1.